The largest absolute Gasteiger partial charge is 0.397 e. The van der Waals surface area contributed by atoms with Crippen molar-refractivity contribution in [2.45, 2.75) is 26.2 Å². The Kier molecular flexibility index (Phi) is 4.09. The van der Waals surface area contributed by atoms with Crippen LogP contribution in [0.4, 0.5) is 10.7 Å². The van der Waals surface area contributed by atoms with Gasteiger partial charge in [-0.1, -0.05) is 6.92 Å². The molecule has 0 aromatic carbocycles. The van der Waals surface area contributed by atoms with Crippen LogP contribution in [0.5, 0.6) is 0 Å². The molecule has 104 valence electrons. The van der Waals surface area contributed by atoms with Crippen molar-refractivity contribution in [2.75, 3.05) is 30.8 Å². The van der Waals surface area contributed by atoms with Gasteiger partial charge < -0.3 is 16.0 Å². The highest BCUT2D eigenvalue weighted by Crippen LogP contribution is 2.40. The number of carbonyl (C=O) groups excluding carboxylic acids is 2. The van der Waals surface area contributed by atoms with E-state index in [1.54, 1.807) is 14.0 Å². The Labute approximate surface area is 116 Å². The summed E-state index contributed by atoms with van der Waals surface area (Å²) in [5.74, 6) is -0.219. The molecule has 1 aliphatic heterocycles. The monoisotopic (exact) mass is 281 g/mol. The van der Waals surface area contributed by atoms with Gasteiger partial charge in [-0.3, -0.25) is 9.59 Å². The number of anilines is 2. The van der Waals surface area contributed by atoms with Crippen LogP contribution in [0.1, 0.15) is 46.2 Å². The topological polar surface area (TPSA) is 75.4 Å². The van der Waals surface area contributed by atoms with Crippen LogP contribution < -0.4 is 16.0 Å². The van der Waals surface area contributed by atoms with Crippen LogP contribution in [0.25, 0.3) is 0 Å². The minimum absolute atomic E-state index is 0.00176. The lowest BCUT2D eigenvalue weighted by Gasteiger charge is -2.16. The Morgan fingerprint density at radius 3 is 2.53 bits per heavy atom. The number of amides is 1. The van der Waals surface area contributed by atoms with Gasteiger partial charge in [-0.2, -0.15) is 0 Å². The zero-order valence-corrected chi connectivity index (χ0v) is 12.1. The van der Waals surface area contributed by atoms with E-state index in [2.05, 4.69) is 10.2 Å². The van der Waals surface area contributed by atoms with E-state index in [0.717, 1.165) is 30.9 Å². The van der Waals surface area contributed by atoms with Crippen molar-refractivity contribution < 1.29 is 9.59 Å². The van der Waals surface area contributed by atoms with Crippen molar-refractivity contribution in [3.8, 4) is 0 Å². The third-order valence-electron chi connectivity index (χ3n) is 3.35. The zero-order valence-electron chi connectivity index (χ0n) is 11.3. The van der Waals surface area contributed by atoms with Gasteiger partial charge in [0.2, 0.25) is 0 Å². The molecule has 2 rings (SSSR count). The van der Waals surface area contributed by atoms with Crippen LogP contribution in [-0.2, 0) is 0 Å². The van der Waals surface area contributed by atoms with Crippen LogP contribution in [0.2, 0.25) is 0 Å². The number of rotatable bonds is 4. The first-order valence-corrected chi connectivity index (χ1v) is 7.34. The predicted molar refractivity (Wildman–Crippen MR) is 78.2 cm³/mol. The molecular formula is C13H19N3O2S. The molecule has 1 amide bonds. The summed E-state index contributed by atoms with van der Waals surface area (Å²) in [5.41, 5.74) is 6.82. The standard InChI is InChI=1S/C13H19N3O2S/c1-3-8(17)11-10(14)9(12(18)15-2)13(19-11)16-6-4-5-7-16/h3-7,14H2,1-2H3,(H,15,18). The van der Waals surface area contributed by atoms with Crippen molar-refractivity contribution in [3.63, 3.8) is 0 Å². The minimum Gasteiger partial charge on any atom is -0.397 e. The van der Waals surface area contributed by atoms with E-state index < -0.39 is 0 Å². The van der Waals surface area contributed by atoms with Crippen molar-refractivity contribution in [2.24, 2.45) is 0 Å². The number of hydrogen-bond acceptors (Lipinski definition) is 5. The van der Waals surface area contributed by atoms with Crippen LogP contribution >= 0.6 is 11.3 Å². The van der Waals surface area contributed by atoms with E-state index >= 15 is 0 Å². The summed E-state index contributed by atoms with van der Waals surface area (Å²) in [6.45, 7) is 3.64. The molecule has 1 aromatic rings. The van der Waals surface area contributed by atoms with Crippen molar-refractivity contribution in [3.05, 3.63) is 10.4 Å². The van der Waals surface area contributed by atoms with E-state index in [-0.39, 0.29) is 11.7 Å². The van der Waals surface area contributed by atoms with Crippen LogP contribution in [0.3, 0.4) is 0 Å². The van der Waals surface area contributed by atoms with Crippen molar-refractivity contribution >= 4 is 33.7 Å². The fraction of sp³-hybridized carbons (Fsp3) is 0.538. The number of carbonyl (C=O) groups is 2. The summed E-state index contributed by atoms with van der Waals surface area (Å²) in [4.78, 5) is 26.6. The van der Waals surface area contributed by atoms with Crippen molar-refractivity contribution in [1.82, 2.24) is 5.32 Å². The quantitative estimate of drug-likeness (QED) is 0.826. The molecule has 1 aromatic heterocycles. The minimum atomic E-state index is -0.217. The third kappa shape index (κ3) is 2.45. The molecule has 0 unspecified atom stereocenters. The number of hydrogen-bond donors (Lipinski definition) is 2. The second-order valence-corrected chi connectivity index (χ2v) is 5.57. The molecule has 6 heteroatoms. The molecule has 5 nitrogen and oxygen atoms in total. The maximum absolute atomic E-state index is 12.0. The molecule has 0 saturated carbocycles. The zero-order chi connectivity index (χ0) is 14.0. The number of ketones is 1. The maximum Gasteiger partial charge on any atom is 0.256 e. The Bertz CT molecular complexity index is 504. The molecule has 19 heavy (non-hydrogen) atoms. The molecule has 0 bridgehead atoms. The number of nitrogens with two attached hydrogens (primary N) is 1. The summed E-state index contributed by atoms with van der Waals surface area (Å²) in [5, 5.41) is 3.45. The molecule has 1 aliphatic rings. The van der Waals surface area contributed by atoms with Crippen LogP contribution in [0, 0.1) is 0 Å². The first kappa shape index (κ1) is 13.9. The molecule has 1 saturated heterocycles. The summed E-state index contributed by atoms with van der Waals surface area (Å²) in [6, 6.07) is 0. The maximum atomic E-state index is 12.0. The Balaban J connectivity index is 2.50. The Morgan fingerprint density at radius 1 is 1.37 bits per heavy atom. The number of Topliss-reactive ketones (excluding diaryl/α,β-unsaturated/α-hetero) is 1. The molecule has 2 heterocycles. The van der Waals surface area contributed by atoms with E-state index in [1.165, 1.54) is 11.3 Å². The number of nitrogens with zero attached hydrogens (tertiary/aromatic N) is 1. The lowest BCUT2D eigenvalue weighted by molar-refractivity contribution is 0.0964. The van der Waals surface area contributed by atoms with E-state index in [9.17, 15) is 9.59 Å². The predicted octanol–water partition coefficient (Wildman–Crippen LogP) is 1.88. The van der Waals surface area contributed by atoms with Gasteiger partial charge >= 0.3 is 0 Å². The fourth-order valence-corrected chi connectivity index (χ4v) is 3.57. The molecule has 3 N–H and O–H groups in total. The number of nitrogens with one attached hydrogen (secondary N) is 1. The van der Waals surface area contributed by atoms with Gasteiger partial charge in [0.15, 0.2) is 5.78 Å². The lowest BCUT2D eigenvalue weighted by Crippen LogP contribution is -2.24. The SMILES string of the molecule is CCC(=O)c1sc(N2CCCC2)c(C(=O)NC)c1N. The summed E-state index contributed by atoms with van der Waals surface area (Å²) in [6.07, 6.45) is 2.63. The summed E-state index contributed by atoms with van der Waals surface area (Å²) >= 11 is 1.35. The van der Waals surface area contributed by atoms with Crippen molar-refractivity contribution in [1.29, 1.82) is 0 Å². The molecule has 0 radical (unpaired) electrons. The van der Waals surface area contributed by atoms with Gasteiger partial charge in [0, 0.05) is 26.6 Å². The van der Waals surface area contributed by atoms with Gasteiger partial charge in [-0.15, -0.1) is 11.3 Å². The van der Waals surface area contributed by atoms with E-state index in [4.69, 9.17) is 5.73 Å². The van der Waals surface area contributed by atoms with Gasteiger partial charge in [-0.05, 0) is 12.8 Å². The van der Waals surface area contributed by atoms with Crippen LogP contribution in [0.15, 0.2) is 0 Å². The van der Waals surface area contributed by atoms with Gasteiger partial charge in [0.25, 0.3) is 5.91 Å². The summed E-state index contributed by atoms with van der Waals surface area (Å²) < 4.78 is 0. The number of thiophene rings is 1. The first-order chi connectivity index (χ1) is 9.10. The molecule has 0 aliphatic carbocycles. The Morgan fingerprint density at radius 2 is 2.00 bits per heavy atom. The van der Waals surface area contributed by atoms with Gasteiger partial charge in [0.05, 0.1) is 16.1 Å². The average molecular weight is 281 g/mol. The highest BCUT2D eigenvalue weighted by atomic mass is 32.1. The first-order valence-electron chi connectivity index (χ1n) is 6.52. The molecule has 0 atom stereocenters. The second kappa shape index (κ2) is 5.61. The molecule has 0 spiro atoms. The van der Waals surface area contributed by atoms with E-state index in [0.29, 0.717) is 22.5 Å². The highest BCUT2D eigenvalue weighted by molar-refractivity contribution is 7.19. The fourth-order valence-electron chi connectivity index (χ4n) is 2.29. The normalized spacial score (nSPS) is 14.7. The van der Waals surface area contributed by atoms with Crippen LogP contribution in [-0.4, -0.2) is 31.8 Å². The number of nitrogen functional groups attached to an aromatic ring is 1. The second-order valence-electron chi connectivity index (χ2n) is 4.58. The average Bonchev–Trinajstić information content (AvgIpc) is 3.04. The smallest absolute Gasteiger partial charge is 0.256 e. The third-order valence-corrected chi connectivity index (χ3v) is 4.66. The highest BCUT2D eigenvalue weighted by Gasteiger charge is 2.28. The lowest BCUT2D eigenvalue weighted by atomic mass is 10.1. The molecule has 1 fully saturated rings. The summed E-state index contributed by atoms with van der Waals surface area (Å²) in [7, 11) is 1.58. The van der Waals surface area contributed by atoms with Gasteiger partial charge in [0.1, 0.15) is 5.00 Å². The Hall–Kier alpha value is -1.56. The van der Waals surface area contributed by atoms with E-state index in [1.807, 2.05) is 0 Å². The molecular weight excluding hydrogens is 262 g/mol. The van der Waals surface area contributed by atoms with Gasteiger partial charge in [-0.25, -0.2) is 0 Å².